The molecule has 0 bridgehead atoms. The largest absolute Gasteiger partial charge is 0.300 e. The zero-order valence-electron chi connectivity index (χ0n) is 12.7. The van der Waals surface area contributed by atoms with Gasteiger partial charge < -0.3 is 4.98 Å². The Morgan fingerprint density at radius 2 is 1.71 bits per heavy atom. The fourth-order valence-corrected chi connectivity index (χ4v) is 3.07. The van der Waals surface area contributed by atoms with Crippen LogP contribution in [0.4, 0.5) is 0 Å². The summed E-state index contributed by atoms with van der Waals surface area (Å²) in [6.45, 7) is 0. The van der Waals surface area contributed by atoms with Crippen molar-refractivity contribution in [2.45, 2.75) is 5.16 Å². The van der Waals surface area contributed by atoms with E-state index in [1.807, 2.05) is 54.8 Å². The number of H-pyrrole nitrogens is 1. The van der Waals surface area contributed by atoms with Gasteiger partial charge in [0.15, 0.2) is 5.16 Å². The molecule has 0 aliphatic rings. The van der Waals surface area contributed by atoms with E-state index in [4.69, 9.17) is 11.6 Å². The normalized spacial score (nSPS) is 10.4. The summed E-state index contributed by atoms with van der Waals surface area (Å²) in [5.41, 5.74) is 2.26. The monoisotopic (exact) mass is 353 g/mol. The molecule has 0 saturated carbocycles. The summed E-state index contributed by atoms with van der Waals surface area (Å²) in [5.74, 6) is 0. The molecule has 3 aromatic rings. The van der Waals surface area contributed by atoms with E-state index in [2.05, 4.69) is 9.97 Å². The first kappa shape index (κ1) is 16.3. The Labute approximate surface area is 148 Å². The van der Waals surface area contributed by atoms with Crippen molar-refractivity contribution >= 4 is 23.4 Å². The minimum absolute atomic E-state index is 0.00713. The highest BCUT2D eigenvalue weighted by atomic mass is 35.5. The van der Waals surface area contributed by atoms with Crippen LogP contribution in [0.5, 0.6) is 0 Å². The lowest BCUT2D eigenvalue weighted by molar-refractivity contribution is 0.938. The third-order valence-corrected chi connectivity index (χ3v) is 4.46. The maximum absolute atomic E-state index is 12.2. The molecule has 118 valence electrons. The van der Waals surface area contributed by atoms with Crippen LogP contribution in [0.2, 0.25) is 5.02 Å². The van der Waals surface area contributed by atoms with Crippen molar-refractivity contribution < 1.29 is 0 Å². The van der Waals surface area contributed by atoms with E-state index in [0.29, 0.717) is 21.4 Å². The first-order valence-electron chi connectivity index (χ1n) is 7.08. The van der Waals surface area contributed by atoms with Gasteiger partial charge in [0.25, 0.3) is 5.56 Å². The topological polar surface area (TPSA) is 69.5 Å². The number of aromatic amines is 1. The van der Waals surface area contributed by atoms with Gasteiger partial charge in [0, 0.05) is 16.1 Å². The first-order valence-corrected chi connectivity index (χ1v) is 8.68. The van der Waals surface area contributed by atoms with Gasteiger partial charge in [-0.2, -0.15) is 5.26 Å². The van der Waals surface area contributed by atoms with E-state index in [-0.39, 0.29) is 5.56 Å². The summed E-state index contributed by atoms with van der Waals surface area (Å²) in [4.78, 5) is 19.2. The number of benzene rings is 2. The minimum atomic E-state index is -0.444. The van der Waals surface area contributed by atoms with Gasteiger partial charge in [-0.25, -0.2) is 4.98 Å². The molecule has 1 heterocycles. The number of thioether (sulfide) groups is 1. The summed E-state index contributed by atoms with van der Waals surface area (Å²) < 4.78 is 0. The van der Waals surface area contributed by atoms with E-state index in [0.717, 1.165) is 11.1 Å². The van der Waals surface area contributed by atoms with Crippen LogP contribution in [-0.2, 0) is 0 Å². The first-order chi connectivity index (χ1) is 11.7. The maximum Gasteiger partial charge on any atom is 0.270 e. The molecule has 24 heavy (non-hydrogen) atoms. The van der Waals surface area contributed by atoms with Crippen LogP contribution in [0.1, 0.15) is 5.56 Å². The van der Waals surface area contributed by atoms with Crippen molar-refractivity contribution in [1.82, 2.24) is 9.97 Å². The molecule has 4 nitrogen and oxygen atoms in total. The van der Waals surface area contributed by atoms with Gasteiger partial charge in [-0.15, -0.1) is 0 Å². The van der Waals surface area contributed by atoms with Gasteiger partial charge in [-0.05, 0) is 17.9 Å². The molecular formula is C18H12ClN3OS. The molecular weight excluding hydrogens is 342 g/mol. The molecule has 0 aliphatic carbocycles. The average molecular weight is 354 g/mol. The van der Waals surface area contributed by atoms with Crippen LogP contribution >= 0.6 is 23.4 Å². The van der Waals surface area contributed by atoms with Crippen LogP contribution in [0.3, 0.4) is 0 Å². The summed E-state index contributed by atoms with van der Waals surface area (Å²) in [7, 11) is 0. The number of aromatic nitrogens is 2. The molecule has 1 aromatic heterocycles. The number of nitrogens with one attached hydrogen (secondary N) is 1. The standard InChI is InChI=1S/C18H12ClN3OS/c1-24-18-21-16(14(10-20)17(23)22-18)13-8-3-2-6-11(13)12-7-4-5-9-15(12)19/h2-9H,1H3,(H,21,22,23). The summed E-state index contributed by atoms with van der Waals surface area (Å²) in [6.07, 6.45) is 1.81. The van der Waals surface area contributed by atoms with Crippen molar-refractivity contribution in [3.05, 3.63) is 69.5 Å². The van der Waals surface area contributed by atoms with Crippen molar-refractivity contribution in [2.75, 3.05) is 6.26 Å². The highest BCUT2D eigenvalue weighted by Crippen LogP contribution is 2.35. The molecule has 0 aliphatic heterocycles. The van der Waals surface area contributed by atoms with E-state index in [1.165, 1.54) is 11.8 Å². The fraction of sp³-hybridized carbons (Fsp3) is 0.0556. The lowest BCUT2D eigenvalue weighted by Crippen LogP contribution is -2.14. The molecule has 2 aromatic carbocycles. The molecule has 0 atom stereocenters. The predicted octanol–water partition coefficient (Wildman–Crippen LogP) is 4.35. The van der Waals surface area contributed by atoms with Crippen LogP contribution < -0.4 is 5.56 Å². The van der Waals surface area contributed by atoms with Gasteiger partial charge in [-0.1, -0.05) is 65.8 Å². The Balaban J connectivity index is 2.34. The Bertz CT molecular complexity index is 1010. The summed E-state index contributed by atoms with van der Waals surface area (Å²) in [6, 6.07) is 16.9. The van der Waals surface area contributed by atoms with Crippen LogP contribution in [-0.4, -0.2) is 16.2 Å². The number of halogens is 1. The van der Waals surface area contributed by atoms with Gasteiger partial charge in [0.05, 0.1) is 5.69 Å². The van der Waals surface area contributed by atoms with Crippen molar-refractivity contribution in [3.63, 3.8) is 0 Å². The zero-order valence-corrected chi connectivity index (χ0v) is 14.3. The molecule has 0 saturated heterocycles. The summed E-state index contributed by atoms with van der Waals surface area (Å²) in [5, 5.41) is 10.5. The van der Waals surface area contributed by atoms with E-state index < -0.39 is 5.56 Å². The molecule has 0 radical (unpaired) electrons. The second-order valence-electron chi connectivity index (χ2n) is 4.94. The number of hydrogen-bond acceptors (Lipinski definition) is 4. The quantitative estimate of drug-likeness (QED) is 0.561. The second-order valence-corrected chi connectivity index (χ2v) is 6.14. The van der Waals surface area contributed by atoms with E-state index >= 15 is 0 Å². The van der Waals surface area contributed by atoms with Crippen LogP contribution in [0.15, 0.2) is 58.5 Å². The van der Waals surface area contributed by atoms with Crippen LogP contribution in [0.25, 0.3) is 22.4 Å². The fourth-order valence-electron chi connectivity index (χ4n) is 2.45. The third-order valence-electron chi connectivity index (χ3n) is 3.55. The number of hydrogen-bond donors (Lipinski definition) is 1. The van der Waals surface area contributed by atoms with Crippen molar-refractivity contribution in [1.29, 1.82) is 5.26 Å². The molecule has 0 spiro atoms. The SMILES string of the molecule is CSc1nc(-c2ccccc2-c2ccccc2Cl)c(C#N)c(=O)[nH]1. The Kier molecular flexibility index (Phi) is 4.70. The maximum atomic E-state index is 12.2. The lowest BCUT2D eigenvalue weighted by atomic mass is 9.96. The van der Waals surface area contributed by atoms with Gasteiger partial charge in [0.2, 0.25) is 0 Å². The smallest absolute Gasteiger partial charge is 0.270 e. The summed E-state index contributed by atoms with van der Waals surface area (Å²) >= 11 is 7.64. The molecule has 0 amide bonds. The molecule has 3 rings (SSSR count). The number of nitrogens with zero attached hydrogens (tertiary/aromatic N) is 2. The molecule has 6 heteroatoms. The number of rotatable bonds is 3. The molecule has 1 N–H and O–H groups in total. The van der Waals surface area contributed by atoms with E-state index in [1.54, 1.807) is 6.07 Å². The molecule has 0 fully saturated rings. The Hall–Kier alpha value is -2.55. The van der Waals surface area contributed by atoms with Gasteiger partial charge >= 0.3 is 0 Å². The Morgan fingerprint density at radius 3 is 2.33 bits per heavy atom. The van der Waals surface area contributed by atoms with Gasteiger partial charge in [-0.3, -0.25) is 4.79 Å². The van der Waals surface area contributed by atoms with Crippen molar-refractivity contribution in [2.24, 2.45) is 0 Å². The number of nitriles is 1. The molecule has 0 unspecified atom stereocenters. The van der Waals surface area contributed by atoms with Crippen molar-refractivity contribution in [3.8, 4) is 28.5 Å². The highest BCUT2D eigenvalue weighted by molar-refractivity contribution is 7.98. The average Bonchev–Trinajstić information content (AvgIpc) is 2.61. The van der Waals surface area contributed by atoms with Crippen LogP contribution in [0, 0.1) is 11.3 Å². The second kappa shape index (κ2) is 6.91. The lowest BCUT2D eigenvalue weighted by Gasteiger charge is -2.12. The van der Waals surface area contributed by atoms with Gasteiger partial charge in [0.1, 0.15) is 11.6 Å². The predicted molar refractivity (Wildman–Crippen MR) is 97.2 cm³/mol. The zero-order chi connectivity index (χ0) is 17.1. The third kappa shape index (κ3) is 2.94. The Morgan fingerprint density at radius 1 is 1.08 bits per heavy atom. The van der Waals surface area contributed by atoms with E-state index in [9.17, 15) is 10.1 Å². The minimum Gasteiger partial charge on any atom is -0.300 e. The highest BCUT2D eigenvalue weighted by Gasteiger charge is 2.17.